The number of piperazine rings is 1. The van der Waals surface area contributed by atoms with Crippen LogP contribution in [0.5, 0.6) is 0 Å². The number of halogens is 1. The van der Waals surface area contributed by atoms with Crippen LogP contribution in [0, 0.1) is 11.3 Å². The summed E-state index contributed by atoms with van der Waals surface area (Å²) in [6.07, 6.45) is 0.860. The molecule has 6 nitrogen and oxygen atoms in total. The van der Waals surface area contributed by atoms with Gasteiger partial charge in [0.25, 0.3) is 0 Å². The Morgan fingerprint density at radius 3 is 2.81 bits per heavy atom. The summed E-state index contributed by atoms with van der Waals surface area (Å²) in [5, 5.41) is 13.1. The normalized spacial score (nSPS) is 14.3. The van der Waals surface area contributed by atoms with Gasteiger partial charge in [-0.1, -0.05) is 23.7 Å². The summed E-state index contributed by atoms with van der Waals surface area (Å²) in [5.41, 5.74) is 2.97. The molecule has 0 saturated carbocycles. The molecule has 0 bridgehead atoms. The van der Waals surface area contributed by atoms with Crippen molar-refractivity contribution in [2.75, 3.05) is 38.2 Å². The molecule has 1 aliphatic rings. The van der Waals surface area contributed by atoms with Crippen LogP contribution >= 0.6 is 11.6 Å². The number of ether oxygens (including phenoxy) is 1. The summed E-state index contributed by atoms with van der Waals surface area (Å²) in [5.74, 6) is 1.45. The third-order valence-electron chi connectivity index (χ3n) is 4.32. The minimum absolute atomic E-state index is 0.188. The van der Waals surface area contributed by atoms with Gasteiger partial charge in [-0.05, 0) is 17.7 Å². The smallest absolute Gasteiger partial charge is 0.145 e. The van der Waals surface area contributed by atoms with E-state index in [4.69, 9.17) is 26.6 Å². The van der Waals surface area contributed by atoms with E-state index in [-0.39, 0.29) is 6.42 Å². The highest BCUT2D eigenvalue weighted by atomic mass is 35.5. The number of rotatable bonds is 6. The highest BCUT2D eigenvalue weighted by Gasteiger charge is 2.21. The largest absolute Gasteiger partial charge is 0.378 e. The van der Waals surface area contributed by atoms with E-state index in [1.807, 2.05) is 24.3 Å². The predicted octanol–water partition coefficient (Wildman–Crippen LogP) is 2.34. The van der Waals surface area contributed by atoms with Crippen molar-refractivity contribution in [3.8, 4) is 6.07 Å². The molecule has 26 heavy (non-hydrogen) atoms. The molecule has 1 aromatic heterocycles. The van der Waals surface area contributed by atoms with Crippen LogP contribution < -0.4 is 10.2 Å². The minimum atomic E-state index is 0.188. The van der Waals surface area contributed by atoms with E-state index in [2.05, 4.69) is 21.3 Å². The number of nitrogens with one attached hydrogen (secondary N) is 1. The second kappa shape index (κ2) is 8.95. The molecule has 0 radical (unpaired) electrons. The average Bonchev–Trinajstić information content (AvgIpc) is 2.65. The Balaban J connectivity index is 2.06. The summed E-state index contributed by atoms with van der Waals surface area (Å²) in [7, 11) is 1.65. The fraction of sp³-hybridized carbons (Fsp3) is 0.421. The zero-order chi connectivity index (χ0) is 18.4. The molecule has 0 aliphatic carbocycles. The van der Waals surface area contributed by atoms with Gasteiger partial charge in [-0.2, -0.15) is 5.26 Å². The van der Waals surface area contributed by atoms with Crippen LogP contribution in [0.15, 0.2) is 24.3 Å². The highest BCUT2D eigenvalue weighted by Crippen LogP contribution is 2.26. The predicted molar refractivity (Wildman–Crippen MR) is 101 cm³/mol. The number of nitrogens with zero attached hydrogens (tertiary/aromatic N) is 4. The first-order valence-corrected chi connectivity index (χ1v) is 9.03. The standard InChI is InChI=1S/C19H22ClN5O/c1-26-13-17-16(12-14-3-2-4-15(20)11-14)19(24-18(23-17)5-6-21)25-9-7-22-8-10-25/h2-4,11,22H,5,7-10,12-13H2,1H3. The molecular formula is C19H22ClN5O. The lowest BCUT2D eigenvalue weighted by atomic mass is 10.0. The van der Waals surface area contributed by atoms with Crippen LogP contribution in [0.4, 0.5) is 5.82 Å². The molecule has 1 N–H and O–H groups in total. The second-order valence-electron chi connectivity index (χ2n) is 6.20. The Bertz CT molecular complexity index is 799. The Morgan fingerprint density at radius 2 is 2.12 bits per heavy atom. The third-order valence-corrected chi connectivity index (χ3v) is 4.56. The van der Waals surface area contributed by atoms with Gasteiger partial charge < -0.3 is 15.0 Å². The van der Waals surface area contributed by atoms with Crippen LogP contribution in [0.1, 0.15) is 22.6 Å². The summed E-state index contributed by atoms with van der Waals surface area (Å²) in [6, 6.07) is 9.97. The zero-order valence-corrected chi connectivity index (χ0v) is 15.6. The maximum Gasteiger partial charge on any atom is 0.145 e. The van der Waals surface area contributed by atoms with Gasteiger partial charge in [0, 0.05) is 50.3 Å². The van der Waals surface area contributed by atoms with E-state index < -0.39 is 0 Å². The molecule has 1 saturated heterocycles. The zero-order valence-electron chi connectivity index (χ0n) is 14.8. The Kier molecular flexibility index (Phi) is 6.40. The lowest BCUT2D eigenvalue weighted by Gasteiger charge is -2.31. The van der Waals surface area contributed by atoms with Crippen LogP contribution in [0.3, 0.4) is 0 Å². The van der Waals surface area contributed by atoms with Crippen molar-refractivity contribution in [1.29, 1.82) is 5.26 Å². The SMILES string of the molecule is COCc1nc(CC#N)nc(N2CCNCC2)c1Cc1cccc(Cl)c1. The number of nitriles is 1. The van der Waals surface area contributed by atoms with Crippen molar-refractivity contribution in [1.82, 2.24) is 15.3 Å². The Labute approximate surface area is 158 Å². The average molecular weight is 372 g/mol. The number of benzene rings is 1. The van der Waals surface area contributed by atoms with Crippen molar-refractivity contribution in [3.05, 3.63) is 51.9 Å². The van der Waals surface area contributed by atoms with Gasteiger partial charge in [-0.3, -0.25) is 0 Å². The fourth-order valence-electron chi connectivity index (χ4n) is 3.14. The van der Waals surface area contributed by atoms with Gasteiger partial charge in [0.05, 0.1) is 24.8 Å². The summed E-state index contributed by atoms with van der Waals surface area (Å²) in [4.78, 5) is 11.6. The number of hydrogen-bond donors (Lipinski definition) is 1. The molecule has 1 aliphatic heterocycles. The minimum Gasteiger partial charge on any atom is -0.378 e. The molecule has 0 unspecified atom stereocenters. The third kappa shape index (κ3) is 4.50. The van der Waals surface area contributed by atoms with E-state index in [0.29, 0.717) is 23.9 Å². The van der Waals surface area contributed by atoms with Crippen molar-refractivity contribution in [2.24, 2.45) is 0 Å². The van der Waals surface area contributed by atoms with Gasteiger partial charge in [-0.25, -0.2) is 9.97 Å². The van der Waals surface area contributed by atoms with Gasteiger partial charge in [0.2, 0.25) is 0 Å². The van der Waals surface area contributed by atoms with Crippen molar-refractivity contribution < 1.29 is 4.74 Å². The van der Waals surface area contributed by atoms with E-state index in [1.54, 1.807) is 7.11 Å². The van der Waals surface area contributed by atoms with E-state index in [0.717, 1.165) is 48.8 Å². The molecule has 7 heteroatoms. The monoisotopic (exact) mass is 371 g/mol. The van der Waals surface area contributed by atoms with Gasteiger partial charge in [-0.15, -0.1) is 0 Å². The maximum absolute atomic E-state index is 9.08. The van der Waals surface area contributed by atoms with Crippen LogP contribution in [-0.4, -0.2) is 43.3 Å². The van der Waals surface area contributed by atoms with Crippen LogP contribution in [-0.2, 0) is 24.2 Å². The molecule has 136 valence electrons. The topological polar surface area (TPSA) is 74.1 Å². The number of hydrogen-bond acceptors (Lipinski definition) is 6. The number of aromatic nitrogens is 2. The van der Waals surface area contributed by atoms with Crippen molar-refractivity contribution in [2.45, 2.75) is 19.4 Å². The van der Waals surface area contributed by atoms with Gasteiger partial charge in [0.15, 0.2) is 0 Å². The second-order valence-corrected chi connectivity index (χ2v) is 6.64. The van der Waals surface area contributed by atoms with E-state index >= 15 is 0 Å². The molecule has 0 amide bonds. The molecule has 0 spiro atoms. The lowest BCUT2D eigenvalue weighted by molar-refractivity contribution is 0.180. The summed E-state index contributed by atoms with van der Waals surface area (Å²) >= 11 is 6.16. The first kappa shape index (κ1) is 18.6. The molecule has 2 heterocycles. The first-order valence-electron chi connectivity index (χ1n) is 8.66. The van der Waals surface area contributed by atoms with Crippen molar-refractivity contribution >= 4 is 17.4 Å². The lowest BCUT2D eigenvalue weighted by Crippen LogP contribution is -2.44. The maximum atomic E-state index is 9.08. The Hall–Kier alpha value is -2.20. The Morgan fingerprint density at radius 1 is 1.31 bits per heavy atom. The quantitative estimate of drug-likeness (QED) is 0.840. The number of methoxy groups -OCH3 is 1. The van der Waals surface area contributed by atoms with Crippen LogP contribution in [0.2, 0.25) is 5.02 Å². The van der Waals surface area contributed by atoms with E-state index in [1.165, 1.54) is 0 Å². The van der Waals surface area contributed by atoms with Gasteiger partial charge >= 0.3 is 0 Å². The number of anilines is 1. The van der Waals surface area contributed by atoms with Crippen molar-refractivity contribution in [3.63, 3.8) is 0 Å². The molecular weight excluding hydrogens is 350 g/mol. The van der Waals surface area contributed by atoms with E-state index in [9.17, 15) is 0 Å². The molecule has 2 aromatic rings. The van der Waals surface area contributed by atoms with Crippen LogP contribution in [0.25, 0.3) is 0 Å². The molecule has 3 rings (SSSR count). The first-order chi connectivity index (χ1) is 12.7. The molecule has 1 aromatic carbocycles. The summed E-state index contributed by atoms with van der Waals surface area (Å²) < 4.78 is 5.38. The highest BCUT2D eigenvalue weighted by molar-refractivity contribution is 6.30. The fourth-order valence-corrected chi connectivity index (χ4v) is 3.36. The summed E-state index contributed by atoms with van der Waals surface area (Å²) in [6.45, 7) is 3.95. The molecule has 1 fully saturated rings. The molecule has 0 atom stereocenters. The van der Waals surface area contributed by atoms with Gasteiger partial charge in [0.1, 0.15) is 11.6 Å².